The zero-order valence-electron chi connectivity index (χ0n) is 9.54. The van der Waals surface area contributed by atoms with E-state index in [1.165, 1.54) is 0 Å². The predicted octanol–water partition coefficient (Wildman–Crippen LogP) is 1.27. The van der Waals surface area contributed by atoms with Gasteiger partial charge in [-0.3, -0.25) is 0 Å². The number of sulfonamides is 1. The molecule has 1 aliphatic carbocycles. The minimum Gasteiger partial charge on any atom is -0.391 e. The first-order chi connectivity index (χ1) is 8.09. The Bertz CT molecular complexity index is 458. The van der Waals surface area contributed by atoms with Crippen LogP contribution in [-0.4, -0.2) is 25.7 Å². The van der Waals surface area contributed by atoms with E-state index < -0.39 is 16.1 Å². The first-order valence-corrected chi connectivity index (χ1v) is 7.33. The number of hydrogen-bond donors (Lipinski definition) is 2. The molecule has 0 bridgehead atoms. The van der Waals surface area contributed by atoms with Gasteiger partial charge in [0.15, 0.2) is 0 Å². The summed E-state index contributed by atoms with van der Waals surface area (Å²) in [6.45, 7) is 0. The first kappa shape index (κ1) is 12.5. The summed E-state index contributed by atoms with van der Waals surface area (Å²) in [6.07, 6.45) is 2.72. The number of benzene rings is 1. The van der Waals surface area contributed by atoms with Gasteiger partial charge in [0.1, 0.15) is 0 Å². The summed E-state index contributed by atoms with van der Waals surface area (Å²) >= 11 is 0. The van der Waals surface area contributed by atoms with Crippen molar-refractivity contribution in [2.75, 3.05) is 0 Å². The van der Waals surface area contributed by atoms with Gasteiger partial charge >= 0.3 is 0 Å². The van der Waals surface area contributed by atoms with Crippen LogP contribution >= 0.6 is 0 Å². The molecule has 1 fully saturated rings. The molecular formula is C12H17NO3S. The van der Waals surface area contributed by atoms with E-state index >= 15 is 0 Å². The number of hydrogen-bond acceptors (Lipinski definition) is 3. The van der Waals surface area contributed by atoms with E-state index in [9.17, 15) is 13.5 Å². The van der Waals surface area contributed by atoms with E-state index in [0.29, 0.717) is 12.8 Å². The molecule has 1 aliphatic rings. The van der Waals surface area contributed by atoms with Crippen molar-refractivity contribution in [3.8, 4) is 0 Å². The largest absolute Gasteiger partial charge is 0.391 e. The zero-order chi connectivity index (χ0) is 12.3. The molecule has 94 valence electrons. The van der Waals surface area contributed by atoms with Crippen LogP contribution in [-0.2, 0) is 10.0 Å². The van der Waals surface area contributed by atoms with Crippen molar-refractivity contribution in [2.45, 2.75) is 42.7 Å². The fourth-order valence-corrected chi connectivity index (χ4v) is 3.44. The highest BCUT2D eigenvalue weighted by Gasteiger charge is 2.27. The van der Waals surface area contributed by atoms with Gasteiger partial charge in [-0.05, 0) is 25.0 Å². The third kappa shape index (κ3) is 3.06. The van der Waals surface area contributed by atoms with Gasteiger partial charge in [0.25, 0.3) is 0 Å². The molecule has 0 spiro atoms. The van der Waals surface area contributed by atoms with E-state index in [0.717, 1.165) is 12.8 Å². The predicted molar refractivity (Wildman–Crippen MR) is 65.0 cm³/mol. The molecule has 0 saturated heterocycles. The Kier molecular flexibility index (Phi) is 3.81. The standard InChI is InChI=1S/C12H17NO3S/c14-12-9-5-4-8-11(12)13-17(15,16)10-6-2-1-3-7-10/h1-3,6-7,11-14H,4-5,8-9H2/t11-,12+/m0/s1. The number of rotatable bonds is 3. The van der Waals surface area contributed by atoms with E-state index in [4.69, 9.17) is 0 Å². The zero-order valence-corrected chi connectivity index (χ0v) is 10.4. The van der Waals surface area contributed by atoms with Crippen LogP contribution in [0.15, 0.2) is 35.2 Å². The highest BCUT2D eigenvalue weighted by atomic mass is 32.2. The molecule has 1 aromatic rings. The van der Waals surface area contributed by atoms with Crippen molar-refractivity contribution in [3.05, 3.63) is 30.3 Å². The van der Waals surface area contributed by atoms with Crippen LogP contribution in [0.2, 0.25) is 0 Å². The van der Waals surface area contributed by atoms with Crippen LogP contribution < -0.4 is 4.72 Å². The topological polar surface area (TPSA) is 66.4 Å². The molecule has 17 heavy (non-hydrogen) atoms. The van der Waals surface area contributed by atoms with Gasteiger partial charge in [0, 0.05) is 6.04 Å². The van der Waals surface area contributed by atoms with Gasteiger partial charge < -0.3 is 5.11 Å². The molecule has 4 nitrogen and oxygen atoms in total. The van der Waals surface area contributed by atoms with Gasteiger partial charge in [0.2, 0.25) is 10.0 Å². The van der Waals surface area contributed by atoms with Crippen molar-refractivity contribution in [1.29, 1.82) is 0 Å². The van der Waals surface area contributed by atoms with Crippen molar-refractivity contribution in [1.82, 2.24) is 4.72 Å². The summed E-state index contributed by atoms with van der Waals surface area (Å²) in [7, 11) is -3.50. The molecule has 2 N–H and O–H groups in total. The normalized spacial score (nSPS) is 25.7. The Morgan fingerprint density at radius 1 is 1.12 bits per heavy atom. The van der Waals surface area contributed by atoms with Crippen molar-refractivity contribution < 1.29 is 13.5 Å². The summed E-state index contributed by atoms with van der Waals surface area (Å²) in [6, 6.07) is 7.90. The maximum absolute atomic E-state index is 12.0. The van der Waals surface area contributed by atoms with E-state index in [-0.39, 0.29) is 10.9 Å². The van der Waals surface area contributed by atoms with Crippen LogP contribution in [0.1, 0.15) is 25.7 Å². The second kappa shape index (κ2) is 5.16. The Hall–Kier alpha value is -0.910. The Labute approximate surface area is 102 Å². The Morgan fingerprint density at radius 3 is 2.41 bits per heavy atom. The molecule has 2 atom stereocenters. The maximum atomic E-state index is 12.0. The monoisotopic (exact) mass is 255 g/mol. The van der Waals surface area contributed by atoms with Crippen molar-refractivity contribution in [2.24, 2.45) is 0 Å². The summed E-state index contributed by atoms with van der Waals surface area (Å²) in [5.74, 6) is 0. The van der Waals surface area contributed by atoms with Gasteiger partial charge in [-0.25, -0.2) is 13.1 Å². The second-order valence-electron chi connectivity index (χ2n) is 4.39. The molecule has 0 unspecified atom stereocenters. The highest BCUT2D eigenvalue weighted by molar-refractivity contribution is 7.89. The molecule has 0 aromatic heterocycles. The lowest BCUT2D eigenvalue weighted by Gasteiger charge is -2.28. The fourth-order valence-electron chi connectivity index (χ4n) is 2.12. The smallest absolute Gasteiger partial charge is 0.240 e. The summed E-state index contributed by atoms with van der Waals surface area (Å²) in [5, 5.41) is 9.75. The third-order valence-corrected chi connectivity index (χ3v) is 4.60. The molecule has 1 aromatic carbocycles. The third-order valence-electron chi connectivity index (χ3n) is 3.09. The lowest BCUT2D eigenvalue weighted by atomic mass is 9.93. The van der Waals surface area contributed by atoms with Crippen LogP contribution in [0, 0.1) is 0 Å². The van der Waals surface area contributed by atoms with Gasteiger partial charge in [0.05, 0.1) is 11.0 Å². The average molecular weight is 255 g/mol. The van der Waals surface area contributed by atoms with Crippen LogP contribution in [0.4, 0.5) is 0 Å². The fraction of sp³-hybridized carbons (Fsp3) is 0.500. The molecule has 0 amide bonds. The number of aliphatic hydroxyl groups is 1. The SMILES string of the molecule is O=S(=O)(N[C@H]1CCCC[C@H]1O)c1ccccc1. The summed E-state index contributed by atoms with van der Waals surface area (Å²) in [4.78, 5) is 0.248. The van der Waals surface area contributed by atoms with Crippen molar-refractivity contribution >= 4 is 10.0 Å². The minimum absolute atomic E-state index is 0.248. The maximum Gasteiger partial charge on any atom is 0.240 e. The van der Waals surface area contributed by atoms with Gasteiger partial charge in [-0.2, -0.15) is 0 Å². The lowest BCUT2D eigenvalue weighted by molar-refractivity contribution is 0.101. The molecule has 2 rings (SSSR count). The summed E-state index contributed by atoms with van der Waals surface area (Å²) < 4.78 is 26.6. The van der Waals surface area contributed by atoms with Crippen LogP contribution in [0.25, 0.3) is 0 Å². The summed E-state index contributed by atoms with van der Waals surface area (Å²) in [5.41, 5.74) is 0. The molecule has 0 heterocycles. The second-order valence-corrected chi connectivity index (χ2v) is 6.11. The van der Waals surface area contributed by atoms with E-state index in [2.05, 4.69) is 4.72 Å². The molecular weight excluding hydrogens is 238 g/mol. The molecule has 1 saturated carbocycles. The molecule has 5 heteroatoms. The minimum atomic E-state index is -3.50. The highest BCUT2D eigenvalue weighted by Crippen LogP contribution is 2.20. The quantitative estimate of drug-likeness (QED) is 0.854. The van der Waals surface area contributed by atoms with Gasteiger partial charge in [-0.15, -0.1) is 0 Å². The van der Waals surface area contributed by atoms with E-state index in [1.807, 2.05) is 0 Å². The van der Waals surface area contributed by atoms with Crippen LogP contribution in [0.3, 0.4) is 0 Å². The Balaban J connectivity index is 2.12. The number of aliphatic hydroxyl groups excluding tert-OH is 1. The average Bonchev–Trinajstić information content (AvgIpc) is 2.33. The van der Waals surface area contributed by atoms with E-state index in [1.54, 1.807) is 30.3 Å². The molecule has 0 radical (unpaired) electrons. The molecule has 0 aliphatic heterocycles. The number of nitrogens with one attached hydrogen (secondary N) is 1. The lowest BCUT2D eigenvalue weighted by Crippen LogP contribution is -2.44. The first-order valence-electron chi connectivity index (χ1n) is 5.85. The van der Waals surface area contributed by atoms with Gasteiger partial charge in [-0.1, -0.05) is 31.0 Å². The van der Waals surface area contributed by atoms with Crippen molar-refractivity contribution in [3.63, 3.8) is 0 Å². The Morgan fingerprint density at radius 2 is 1.76 bits per heavy atom. The van der Waals surface area contributed by atoms with Crippen LogP contribution in [0.5, 0.6) is 0 Å².